The summed E-state index contributed by atoms with van der Waals surface area (Å²) in [5.74, 6) is 0.937. The highest BCUT2D eigenvalue weighted by molar-refractivity contribution is 6.30. The first-order valence-corrected chi connectivity index (χ1v) is 6.71. The fourth-order valence-electron chi connectivity index (χ4n) is 2.06. The average molecular weight is 302 g/mol. The molecule has 0 spiro atoms. The summed E-state index contributed by atoms with van der Waals surface area (Å²) in [7, 11) is 0. The zero-order valence-corrected chi connectivity index (χ0v) is 12.2. The normalized spacial score (nSPS) is 10.8. The summed E-state index contributed by atoms with van der Waals surface area (Å²) in [5.41, 5.74) is 1.88. The van der Waals surface area contributed by atoms with Crippen LogP contribution in [0.15, 0.2) is 35.0 Å². The van der Waals surface area contributed by atoms with Crippen LogP contribution in [-0.4, -0.2) is 15.9 Å². The molecule has 0 saturated carbocycles. The summed E-state index contributed by atoms with van der Waals surface area (Å²) in [6.07, 6.45) is 1.36. The zero-order chi connectivity index (χ0) is 15.0. The van der Waals surface area contributed by atoms with Gasteiger partial charge >= 0.3 is 0 Å². The molecule has 0 aliphatic carbocycles. The highest BCUT2D eigenvalue weighted by atomic mass is 35.5. The number of furan rings is 1. The molecule has 0 atom stereocenters. The van der Waals surface area contributed by atoms with Crippen molar-refractivity contribution in [3.8, 4) is 0 Å². The van der Waals surface area contributed by atoms with Crippen LogP contribution in [0.2, 0.25) is 5.02 Å². The SMILES string of the molecule is Cc1oc2ncnc(NC(=O)c3ccc(Cl)cc3)c2c1C. The van der Waals surface area contributed by atoms with Crippen LogP contribution in [0.1, 0.15) is 21.7 Å². The lowest BCUT2D eigenvalue weighted by Crippen LogP contribution is -2.13. The number of nitrogens with one attached hydrogen (secondary N) is 1. The molecule has 0 fully saturated rings. The number of anilines is 1. The first kappa shape index (κ1) is 13.6. The molecule has 2 heterocycles. The van der Waals surface area contributed by atoms with Crippen LogP contribution in [0.25, 0.3) is 11.1 Å². The molecular formula is C15H12ClN3O2. The minimum atomic E-state index is -0.259. The third-order valence-electron chi connectivity index (χ3n) is 3.30. The van der Waals surface area contributed by atoms with Gasteiger partial charge in [0.15, 0.2) is 0 Å². The van der Waals surface area contributed by atoms with Crippen molar-refractivity contribution in [2.24, 2.45) is 0 Å². The monoisotopic (exact) mass is 301 g/mol. The summed E-state index contributed by atoms with van der Waals surface area (Å²) >= 11 is 5.81. The summed E-state index contributed by atoms with van der Waals surface area (Å²) in [4.78, 5) is 20.4. The predicted molar refractivity (Wildman–Crippen MR) is 80.7 cm³/mol. The largest absolute Gasteiger partial charge is 0.443 e. The maximum atomic E-state index is 12.2. The molecule has 5 nitrogen and oxygen atoms in total. The smallest absolute Gasteiger partial charge is 0.256 e. The lowest BCUT2D eigenvalue weighted by molar-refractivity contribution is 0.102. The third-order valence-corrected chi connectivity index (χ3v) is 3.56. The number of nitrogens with zero attached hydrogens (tertiary/aromatic N) is 2. The quantitative estimate of drug-likeness (QED) is 0.783. The van der Waals surface area contributed by atoms with Gasteiger partial charge in [0.05, 0.1) is 5.39 Å². The number of hydrogen-bond acceptors (Lipinski definition) is 4. The maximum Gasteiger partial charge on any atom is 0.256 e. The molecule has 0 saturated heterocycles. The lowest BCUT2D eigenvalue weighted by Gasteiger charge is -2.05. The van der Waals surface area contributed by atoms with Gasteiger partial charge in [-0.15, -0.1) is 0 Å². The molecule has 3 rings (SSSR count). The van der Waals surface area contributed by atoms with Gasteiger partial charge < -0.3 is 9.73 Å². The van der Waals surface area contributed by atoms with Gasteiger partial charge in [-0.25, -0.2) is 9.97 Å². The summed E-state index contributed by atoms with van der Waals surface area (Å²) in [5, 5.41) is 4.08. The van der Waals surface area contributed by atoms with Gasteiger partial charge in [-0.1, -0.05) is 11.6 Å². The number of fused-ring (bicyclic) bond motifs is 1. The molecule has 6 heteroatoms. The Morgan fingerprint density at radius 1 is 1.19 bits per heavy atom. The number of amides is 1. The second kappa shape index (κ2) is 5.18. The lowest BCUT2D eigenvalue weighted by atomic mass is 10.2. The van der Waals surface area contributed by atoms with E-state index in [1.807, 2.05) is 13.8 Å². The molecule has 0 aliphatic heterocycles. The van der Waals surface area contributed by atoms with Crippen LogP contribution in [0.3, 0.4) is 0 Å². The first-order chi connectivity index (χ1) is 10.1. The Morgan fingerprint density at radius 2 is 1.90 bits per heavy atom. The fraction of sp³-hybridized carbons (Fsp3) is 0.133. The van der Waals surface area contributed by atoms with Crippen molar-refractivity contribution in [3.05, 3.63) is 52.5 Å². The van der Waals surface area contributed by atoms with Crippen LogP contribution in [0, 0.1) is 13.8 Å². The number of aromatic nitrogens is 2. The van der Waals surface area contributed by atoms with Crippen molar-refractivity contribution < 1.29 is 9.21 Å². The van der Waals surface area contributed by atoms with Crippen molar-refractivity contribution in [1.29, 1.82) is 0 Å². The number of aryl methyl sites for hydroxylation is 2. The van der Waals surface area contributed by atoms with Gasteiger partial charge in [0.2, 0.25) is 5.71 Å². The van der Waals surface area contributed by atoms with E-state index in [-0.39, 0.29) is 5.91 Å². The van der Waals surface area contributed by atoms with Crippen molar-refractivity contribution >= 4 is 34.4 Å². The molecule has 1 N–H and O–H groups in total. The molecule has 0 bridgehead atoms. The minimum absolute atomic E-state index is 0.259. The highest BCUT2D eigenvalue weighted by Crippen LogP contribution is 2.28. The van der Waals surface area contributed by atoms with E-state index in [2.05, 4.69) is 15.3 Å². The molecule has 106 valence electrons. The Balaban J connectivity index is 1.98. The van der Waals surface area contributed by atoms with Gasteiger partial charge in [-0.05, 0) is 38.1 Å². The van der Waals surface area contributed by atoms with Gasteiger partial charge in [0, 0.05) is 16.1 Å². The Bertz CT molecular complexity index is 825. The van der Waals surface area contributed by atoms with E-state index in [1.165, 1.54) is 6.33 Å². The number of carbonyl (C=O) groups is 1. The number of carbonyl (C=O) groups excluding carboxylic acids is 1. The molecule has 21 heavy (non-hydrogen) atoms. The van der Waals surface area contributed by atoms with Gasteiger partial charge in [0.1, 0.15) is 17.9 Å². The summed E-state index contributed by atoms with van der Waals surface area (Å²) in [6, 6.07) is 6.64. The van der Waals surface area contributed by atoms with E-state index in [4.69, 9.17) is 16.0 Å². The van der Waals surface area contributed by atoms with Crippen LogP contribution < -0.4 is 5.32 Å². The van der Waals surface area contributed by atoms with Crippen molar-refractivity contribution in [1.82, 2.24) is 9.97 Å². The molecule has 0 unspecified atom stereocenters. The Hall–Kier alpha value is -2.40. The first-order valence-electron chi connectivity index (χ1n) is 6.34. The van der Waals surface area contributed by atoms with Gasteiger partial charge in [-0.3, -0.25) is 4.79 Å². The van der Waals surface area contributed by atoms with E-state index in [0.717, 1.165) is 16.7 Å². The summed E-state index contributed by atoms with van der Waals surface area (Å²) in [6.45, 7) is 3.75. The second-order valence-electron chi connectivity index (χ2n) is 4.65. The van der Waals surface area contributed by atoms with Gasteiger partial charge in [-0.2, -0.15) is 0 Å². The van der Waals surface area contributed by atoms with Crippen molar-refractivity contribution in [2.75, 3.05) is 5.32 Å². The predicted octanol–water partition coefficient (Wildman–Crippen LogP) is 3.75. The number of hydrogen-bond donors (Lipinski definition) is 1. The van der Waals surface area contributed by atoms with E-state index < -0.39 is 0 Å². The fourth-order valence-corrected chi connectivity index (χ4v) is 2.18. The van der Waals surface area contributed by atoms with Crippen molar-refractivity contribution in [2.45, 2.75) is 13.8 Å². The Labute approximate surface area is 126 Å². The number of rotatable bonds is 2. The Morgan fingerprint density at radius 3 is 2.62 bits per heavy atom. The molecule has 0 aliphatic rings. The standard InChI is InChI=1S/C15H12ClN3O2/c1-8-9(2)21-15-12(8)13(17-7-18-15)19-14(20)10-3-5-11(16)6-4-10/h3-7H,1-2H3,(H,17,18,19,20). The van der Waals surface area contributed by atoms with Crippen molar-refractivity contribution in [3.63, 3.8) is 0 Å². The van der Waals surface area contributed by atoms with E-state index in [9.17, 15) is 4.79 Å². The Kier molecular flexibility index (Phi) is 3.35. The van der Waals surface area contributed by atoms with Crippen LogP contribution in [0.5, 0.6) is 0 Å². The molecule has 3 aromatic rings. The van der Waals surface area contributed by atoms with Crippen LogP contribution in [-0.2, 0) is 0 Å². The van der Waals surface area contributed by atoms with Gasteiger partial charge in [0.25, 0.3) is 5.91 Å². The minimum Gasteiger partial charge on any atom is -0.443 e. The molecule has 2 aromatic heterocycles. The number of halogens is 1. The topological polar surface area (TPSA) is 68.0 Å². The highest BCUT2D eigenvalue weighted by Gasteiger charge is 2.16. The number of benzene rings is 1. The molecule has 1 aromatic carbocycles. The molecule has 0 radical (unpaired) electrons. The summed E-state index contributed by atoms with van der Waals surface area (Å²) < 4.78 is 5.52. The molecule has 1 amide bonds. The molecular weight excluding hydrogens is 290 g/mol. The second-order valence-corrected chi connectivity index (χ2v) is 5.08. The van der Waals surface area contributed by atoms with E-state index in [1.54, 1.807) is 24.3 Å². The third kappa shape index (κ3) is 2.48. The average Bonchev–Trinajstić information content (AvgIpc) is 2.76. The van der Waals surface area contributed by atoms with E-state index in [0.29, 0.717) is 22.1 Å². The van der Waals surface area contributed by atoms with Crippen LogP contribution >= 0.6 is 11.6 Å². The maximum absolute atomic E-state index is 12.2. The van der Waals surface area contributed by atoms with Crippen LogP contribution in [0.4, 0.5) is 5.82 Å². The van der Waals surface area contributed by atoms with E-state index >= 15 is 0 Å². The zero-order valence-electron chi connectivity index (χ0n) is 11.5.